The maximum Gasteiger partial charge on any atom is 0.274 e. The van der Waals surface area contributed by atoms with E-state index >= 15 is 0 Å². The first kappa shape index (κ1) is 21.7. The molecule has 2 amide bonds. The normalized spacial score (nSPS) is 18.0. The molecule has 0 aliphatic carbocycles. The third-order valence-corrected chi connectivity index (χ3v) is 6.64. The first-order valence-electron chi connectivity index (χ1n) is 11.6. The number of fused-ring (bicyclic) bond motifs is 4. The van der Waals surface area contributed by atoms with Crippen LogP contribution < -0.4 is 10.1 Å². The van der Waals surface area contributed by atoms with E-state index in [1.807, 2.05) is 28.8 Å². The summed E-state index contributed by atoms with van der Waals surface area (Å²) in [7, 11) is 0. The molecule has 2 bridgehead atoms. The second-order valence-corrected chi connectivity index (χ2v) is 9.16. The highest BCUT2D eigenvalue weighted by molar-refractivity contribution is 6.30. The molecule has 5 heterocycles. The molecule has 1 N–H and O–H groups in total. The van der Waals surface area contributed by atoms with Crippen molar-refractivity contribution < 1.29 is 14.3 Å². The predicted molar refractivity (Wildman–Crippen MR) is 129 cm³/mol. The van der Waals surface area contributed by atoms with Gasteiger partial charge in [0.25, 0.3) is 5.91 Å². The van der Waals surface area contributed by atoms with E-state index in [0.29, 0.717) is 48.9 Å². The molecule has 0 radical (unpaired) electrons. The van der Waals surface area contributed by atoms with Crippen molar-refractivity contribution in [2.45, 2.75) is 25.4 Å². The van der Waals surface area contributed by atoms with E-state index in [0.717, 1.165) is 22.7 Å². The lowest BCUT2D eigenvalue weighted by molar-refractivity contribution is -0.121. The zero-order valence-electron chi connectivity index (χ0n) is 18.9. The molecule has 35 heavy (non-hydrogen) atoms. The monoisotopic (exact) mass is 490 g/mol. The summed E-state index contributed by atoms with van der Waals surface area (Å²) >= 11 is 6.12. The zero-order chi connectivity index (χ0) is 23.9. The number of rotatable bonds is 1. The van der Waals surface area contributed by atoms with Gasteiger partial charge in [-0.25, -0.2) is 9.97 Å². The van der Waals surface area contributed by atoms with Gasteiger partial charge in [0.15, 0.2) is 0 Å². The van der Waals surface area contributed by atoms with E-state index < -0.39 is 6.04 Å². The quantitative estimate of drug-likeness (QED) is 0.443. The molecular formula is C25H23ClN6O3. The van der Waals surface area contributed by atoms with Gasteiger partial charge in [0.2, 0.25) is 5.91 Å². The topological polar surface area (TPSA) is 93.8 Å². The van der Waals surface area contributed by atoms with Crippen LogP contribution in [0.4, 0.5) is 0 Å². The molecule has 178 valence electrons. The molecule has 2 aliphatic rings. The summed E-state index contributed by atoms with van der Waals surface area (Å²) in [6, 6.07) is 10.9. The summed E-state index contributed by atoms with van der Waals surface area (Å²) in [6.07, 6.45) is 6.40. The number of pyridine rings is 1. The van der Waals surface area contributed by atoms with Crippen molar-refractivity contribution in [1.29, 1.82) is 0 Å². The SMILES string of the molecule is O=C1Cn2cnc3c2C(c2cccc(c2)OCCCN1)N(C(=O)c1cn2cc(Cl)ccc2n1)CC3. The summed E-state index contributed by atoms with van der Waals surface area (Å²) in [4.78, 5) is 37.4. The van der Waals surface area contributed by atoms with Crippen LogP contribution in [-0.4, -0.2) is 55.3 Å². The number of ether oxygens (including phenoxy) is 1. The number of hydrogen-bond acceptors (Lipinski definition) is 5. The van der Waals surface area contributed by atoms with Gasteiger partial charge in [0.05, 0.1) is 35.4 Å². The van der Waals surface area contributed by atoms with Gasteiger partial charge in [-0.05, 0) is 36.2 Å². The van der Waals surface area contributed by atoms with Crippen LogP contribution in [0.1, 0.15) is 39.9 Å². The maximum atomic E-state index is 13.9. The van der Waals surface area contributed by atoms with E-state index in [4.69, 9.17) is 16.3 Å². The van der Waals surface area contributed by atoms with Gasteiger partial charge in [-0.15, -0.1) is 0 Å². The highest BCUT2D eigenvalue weighted by Crippen LogP contribution is 2.37. The fourth-order valence-electron chi connectivity index (χ4n) is 4.82. The Balaban J connectivity index is 1.47. The minimum Gasteiger partial charge on any atom is -0.494 e. The van der Waals surface area contributed by atoms with E-state index in [9.17, 15) is 9.59 Å². The number of nitrogens with one attached hydrogen (secondary N) is 1. The van der Waals surface area contributed by atoms with Crippen LogP contribution in [0.3, 0.4) is 0 Å². The molecule has 4 aromatic rings. The lowest BCUT2D eigenvalue weighted by Crippen LogP contribution is -2.42. The Kier molecular flexibility index (Phi) is 5.41. The highest BCUT2D eigenvalue weighted by atomic mass is 35.5. The summed E-state index contributed by atoms with van der Waals surface area (Å²) in [6.45, 7) is 1.62. The number of aromatic nitrogens is 4. The second kappa shape index (κ2) is 8.74. The minimum atomic E-state index is -0.445. The van der Waals surface area contributed by atoms with Gasteiger partial charge in [0, 0.05) is 31.9 Å². The molecule has 1 aromatic carbocycles. The second-order valence-electron chi connectivity index (χ2n) is 8.72. The molecule has 0 saturated carbocycles. The fourth-order valence-corrected chi connectivity index (χ4v) is 4.98. The number of carbonyl (C=O) groups is 2. The van der Waals surface area contributed by atoms with Crippen LogP contribution in [0.5, 0.6) is 5.75 Å². The lowest BCUT2D eigenvalue weighted by Gasteiger charge is -2.36. The van der Waals surface area contributed by atoms with Crippen LogP contribution in [0, 0.1) is 0 Å². The Labute approximate surface area is 206 Å². The number of imidazole rings is 2. The smallest absolute Gasteiger partial charge is 0.274 e. The van der Waals surface area contributed by atoms with Crippen LogP contribution in [0.15, 0.2) is 55.1 Å². The van der Waals surface area contributed by atoms with Crippen LogP contribution in [0.25, 0.3) is 5.65 Å². The number of halogens is 1. The molecule has 1 atom stereocenters. The van der Waals surface area contributed by atoms with Crippen molar-refractivity contribution in [3.63, 3.8) is 0 Å². The Hall–Kier alpha value is -3.85. The standard InChI is InChI=1S/C25H23ClN6O3/c26-17-5-6-21-29-20(13-30(21)12-17)25(34)32-9-7-19-24-23(32)16-3-1-4-18(11-16)35-10-2-8-27-22(33)14-31(24)15-28-19/h1,3-6,11-13,15,23H,2,7-10,14H2,(H,27,33). The molecule has 2 aliphatic heterocycles. The fraction of sp³-hybridized carbons (Fsp3) is 0.280. The summed E-state index contributed by atoms with van der Waals surface area (Å²) in [5.41, 5.74) is 3.58. The van der Waals surface area contributed by atoms with E-state index in [1.54, 1.807) is 40.2 Å². The molecular weight excluding hydrogens is 468 g/mol. The van der Waals surface area contributed by atoms with Crippen molar-refractivity contribution in [2.75, 3.05) is 19.7 Å². The van der Waals surface area contributed by atoms with Crippen LogP contribution >= 0.6 is 11.6 Å². The predicted octanol–water partition coefficient (Wildman–Crippen LogP) is 2.87. The van der Waals surface area contributed by atoms with E-state index in [1.165, 1.54) is 0 Å². The van der Waals surface area contributed by atoms with Crippen molar-refractivity contribution in [1.82, 2.24) is 29.2 Å². The Morgan fingerprint density at radius 3 is 3.03 bits per heavy atom. The van der Waals surface area contributed by atoms with Gasteiger partial charge in [-0.1, -0.05) is 23.7 Å². The molecule has 10 heteroatoms. The number of benzene rings is 1. The largest absolute Gasteiger partial charge is 0.494 e. The molecule has 1 unspecified atom stereocenters. The summed E-state index contributed by atoms with van der Waals surface area (Å²) in [5.74, 6) is 0.421. The highest BCUT2D eigenvalue weighted by Gasteiger charge is 2.37. The Bertz CT molecular complexity index is 1440. The summed E-state index contributed by atoms with van der Waals surface area (Å²) in [5, 5.41) is 3.50. The average Bonchev–Trinajstić information content (AvgIpc) is 3.46. The van der Waals surface area contributed by atoms with Crippen molar-refractivity contribution in [2.24, 2.45) is 0 Å². The lowest BCUT2D eigenvalue weighted by atomic mass is 9.94. The Morgan fingerprint density at radius 2 is 2.11 bits per heavy atom. The van der Waals surface area contributed by atoms with Crippen molar-refractivity contribution >= 4 is 29.1 Å². The third-order valence-electron chi connectivity index (χ3n) is 6.41. The molecule has 0 fully saturated rings. The average molecular weight is 491 g/mol. The van der Waals surface area contributed by atoms with E-state index in [2.05, 4.69) is 15.3 Å². The number of carbonyl (C=O) groups excluding carboxylic acids is 2. The molecule has 0 saturated heterocycles. The minimum absolute atomic E-state index is 0.101. The molecule has 9 nitrogen and oxygen atoms in total. The van der Waals surface area contributed by atoms with Crippen molar-refractivity contribution in [3.05, 3.63) is 82.8 Å². The summed E-state index contributed by atoms with van der Waals surface area (Å²) < 4.78 is 9.53. The van der Waals surface area contributed by atoms with Gasteiger partial charge < -0.3 is 23.9 Å². The molecule has 6 rings (SSSR count). The van der Waals surface area contributed by atoms with Gasteiger partial charge in [0.1, 0.15) is 23.6 Å². The van der Waals surface area contributed by atoms with Gasteiger partial charge >= 0.3 is 0 Å². The maximum absolute atomic E-state index is 13.9. The third kappa shape index (κ3) is 4.01. The van der Waals surface area contributed by atoms with E-state index in [-0.39, 0.29) is 18.4 Å². The van der Waals surface area contributed by atoms with Gasteiger partial charge in [-0.2, -0.15) is 0 Å². The van der Waals surface area contributed by atoms with Crippen LogP contribution in [-0.2, 0) is 17.8 Å². The van der Waals surface area contributed by atoms with Crippen LogP contribution in [0.2, 0.25) is 5.02 Å². The van der Waals surface area contributed by atoms with Crippen molar-refractivity contribution in [3.8, 4) is 5.75 Å². The first-order chi connectivity index (χ1) is 17.1. The van der Waals surface area contributed by atoms with Gasteiger partial charge in [-0.3, -0.25) is 9.59 Å². The first-order valence-corrected chi connectivity index (χ1v) is 11.9. The molecule has 0 spiro atoms. The number of hydrogen-bond donors (Lipinski definition) is 1. The number of nitrogens with zero attached hydrogens (tertiary/aromatic N) is 5. The Morgan fingerprint density at radius 1 is 1.20 bits per heavy atom. The number of amides is 2. The zero-order valence-corrected chi connectivity index (χ0v) is 19.6. The molecule has 3 aromatic heterocycles.